The monoisotopic (exact) mass is 598 g/mol. The van der Waals surface area contributed by atoms with Gasteiger partial charge >= 0.3 is 0 Å². The Morgan fingerprint density at radius 3 is 2.02 bits per heavy atom. The minimum atomic E-state index is -0.462. The maximum absolute atomic E-state index is 13.9. The van der Waals surface area contributed by atoms with Crippen LogP contribution in [-0.2, 0) is 14.4 Å². The normalized spacial score (nSPS) is 19.5. The van der Waals surface area contributed by atoms with Gasteiger partial charge in [0.1, 0.15) is 0 Å². The van der Waals surface area contributed by atoms with Crippen LogP contribution in [0, 0.1) is 24.7 Å². The van der Waals surface area contributed by atoms with E-state index in [1.54, 1.807) is 6.07 Å². The molecule has 1 N–H and O–H groups in total. The Morgan fingerprint density at radius 2 is 1.45 bits per heavy atom. The first-order valence-corrected chi connectivity index (χ1v) is 15.8. The number of hydrogen-bond donors (Lipinski definition) is 1. The third-order valence-corrected chi connectivity index (χ3v) is 8.96. The Labute approximate surface area is 261 Å². The molecule has 44 heavy (non-hydrogen) atoms. The number of hydrogen-bond acceptors (Lipinski definition) is 6. The van der Waals surface area contributed by atoms with Gasteiger partial charge < -0.3 is 19.7 Å². The molecule has 0 radical (unpaired) electrons. The van der Waals surface area contributed by atoms with E-state index in [1.807, 2.05) is 51.1 Å². The first-order valence-electron chi connectivity index (χ1n) is 15.8. The predicted molar refractivity (Wildman–Crippen MR) is 173 cm³/mol. The Morgan fingerprint density at radius 1 is 0.841 bits per heavy atom. The molecule has 5 rings (SSSR count). The highest BCUT2D eigenvalue weighted by Crippen LogP contribution is 2.54. The molecule has 1 amide bonds. The van der Waals surface area contributed by atoms with Gasteiger partial charge in [-0.15, -0.1) is 0 Å². The number of benzene rings is 2. The van der Waals surface area contributed by atoms with Crippen LogP contribution < -0.4 is 14.8 Å². The van der Waals surface area contributed by atoms with Crippen molar-refractivity contribution in [2.75, 3.05) is 25.1 Å². The van der Waals surface area contributed by atoms with Crippen LogP contribution in [0.5, 0.6) is 11.5 Å². The fourth-order valence-electron chi connectivity index (χ4n) is 7.05. The van der Waals surface area contributed by atoms with Crippen LogP contribution >= 0.6 is 0 Å². The zero-order valence-corrected chi connectivity index (χ0v) is 27.5. The lowest BCUT2D eigenvalue weighted by Gasteiger charge is -2.48. The Hall–Kier alpha value is -3.87. The van der Waals surface area contributed by atoms with E-state index in [0.29, 0.717) is 37.5 Å². The number of aryl methyl sites for hydroxylation is 2. The van der Waals surface area contributed by atoms with Gasteiger partial charge in [0.25, 0.3) is 5.91 Å². The number of ether oxygens (including phenoxy) is 2. The van der Waals surface area contributed by atoms with Gasteiger partial charge in [0.15, 0.2) is 29.7 Å². The van der Waals surface area contributed by atoms with Gasteiger partial charge in [-0.1, -0.05) is 45.9 Å². The van der Waals surface area contributed by atoms with Crippen molar-refractivity contribution in [2.24, 2.45) is 10.8 Å². The van der Waals surface area contributed by atoms with Gasteiger partial charge in [0.05, 0.1) is 6.61 Å². The average molecular weight is 599 g/mol. The van der Waals surface area contributed by atoms with Crippen molar-refractivity contribution in [3.8, 4) is 11.5 Å². The summed E-state index contributed by atoms with van der Waals surface area (Å²) in [6.07, 6.45) is 2.44. The van der Waals surface area contributed by atoms with Crippen LogP contribution in [0.4, 0.5) is 5.69 Å². The number of amides is 1. The first-order chi connectivity index (χ1) is 20.7. The second-order valence-corrected chi connectivity index (χ2v) is 14.1. The lowest BCUT2D eigenvalue weighted by molar-refractivity contribution is -0.120. The molecule has 2 aromatic carbocycles. The molecule has 7 nitrogen and oxygen atoms in total. The zero-order valence-electron chi connectivity index (χ0n) is 27.5. The highest BCUT2D eigenvalue weighted by Gasteiger charge is 2.48. The average Bonchev–Trinajstić information content (AvgIpc) is 2.92. The van der Waals surface area contributed by atoms with Crippen molar-refractivity contribution < 1.29 is 23.9 Å². The van der Waals surface area contributed by atoms with E-state index < -0.39 is 5.92 Å². The minimum Gasteiger partial charge on any atom is -0.490 e. The lowest BCUT2D eigenvalue weighted by atomic mass is 9.63. The molecule has 1 heterocycles. The number of nitrogens with one attached hydrogen (secondary N) is 1. The number of allylic oxidation sites excluding steroid dienone is 4. The highest BCUT2D eigenvalue weighted by atomic mass is 16.5. The van der Waals surface area contributed by atoms with Gasteiger partial charge in [0.2, 0.25) is 0 Å². The van der Waals surface area contributed by atoms with Crippen LogP contribution in [0.25, 0.3) is 0 Å². The Balaban J connectivity index is 1.52. The molecular formula is C37H46N2O5. The summed E-state index contributed by atoms with van der Waals surface area (Å²) in [5.41, 5.74) is 6.86. The van der Waals surface area contributed by atoms with E-state index in [2.05, 4.69) is 44.8 Å². The number of ketones is 2. The van der Waals surface area contributed by atoms with E-state index in [4.69, 9.17) is 9.47 Å². The summed E-state index contributed by atoms with van der Waals surface area (Å²) in [5, 5.41) is 2.93. The van der Waals surface area contributed by atoms with E-state index in [0.717, 1.165) is 57.8 Å². The summed E-state index contributed by atoms with van der Waals surface area (Å²) in [6.45, 7) is 17.4. The second kappa shape index (κ2) is 11.9. The fraction of sp³-hybridized carbons (Fsp3) is 0.486. The summed E-state index contributed by atoms with van der Waals surface area (Å²) in [6, 6.07) is 11.5. The summed E-state index contributed by atoms with van der Waals surface area (Å²) >= 11 is 0. The largest absolute Gasteiger partial charge is 0.490 e. The van der Waals surface area contributed by atoms with E-state index in [9.17, 15) is 14.4 Å². The molecule has 1 aliphatic heterocycles. The van der Waals surface area contributed by atoms with Gasteiger partial charge in [0, 0.05) is 53.5 Å². The van der Waals surface area contributed by atoms with Crippen molar-refractivity contribution in [3.05, 3.63) is 75.6 Å². The molecule has 234 valence electrons. The van der Waals surface area contributed by atoms with E-state index in [1.165, 1.54) is 0 Å². The molecule has 0 fully saturated rings. The van der Waals surface area contributed by atoms with E-state index in [-0.39, 0.29) is 34.9 Å². The summed E-state index contributed by atoms with van der Waals surface area (Å²) in [4.78, 5) is 42.9. The SMILES string of the molecule is CCOc1cc(C2C3=C(CC(C)(C)CC3=O)N(CC)C3=C2C(=O)CC(C)(C)C3)ccc1OCC(=O)Nc1cc(C)ccc1C. The molecule has 0 saturated carbocycles. The predicted octanol–water partition coefficient (Wildman–Crippen LogP) is 7.43. The van der Waals surface area contributed by atoms with Crippen LogP contribution in [0.2, 0.25) is 0 Å². The van der Waals surface area contributed by atoms with Crippen molar-refractivity contribution >= 4 is 23.2 Å². The van der Waals surface area contributed by atoms with Gasteiger partial charge in [-0.2, -0.15) is 0 Å². The lowest BCUT2D eigenvalue weighted by Crippen LogP contribution is -2.44. The molecule has 0 bridgehead atoms. The molecule has 2 aromatic rings. The van der Waals surface area contributed by atoms with Gasteiger partial charge in [-0.3, -0.25) is 14.4 Å². The van der Waals surface area contributed by atoms with Crippen LogP contribution in [0.3, 0.4) is 0 Å². The number of nitrogens with zero attached hydrogens (tertiary/aromatic N) is 1. The zero-order chi connectivity index (χ0) is 32.0. The molecular weight excluding hydrogens is 552 g/mol. The topological polar surface area (TPSA) is 84.9 Å². The molecule has 2 aliphatic carbocycles. The van der Waals surface area contributed by atoms with Crippen molar-refractivity contribution in [3.63, 3.8) is 0 Å². The third-order valence-electron chi connectivity index (χ3n) is 8.96. The van der Waals surface area contributed by atoms with Gasteiger partial charge in [-0.25, -0.2) is 0 Å². The van der Waals surface area contributed by atoms with Crippen LogP contribution in [-0.4, -0.2) is 42.1 Å². The maximum Gasteiger partial charge on any atom is 0.262 e. The highest BCUT2D eigenvalue weighted by molar-refractivity contribution is 6.07. The minimum absolute atomic E-state index is 0.102. The molecule has 7 heteroatoms. The standard InChI is InChI=1S/C37H46N2O5/c1-9-39-26-17-36(5,6)19-28(40)34(26)33(35-27(39)18-37(7,8)20-29(35)41)24-13-14-30(31(16-24)43-10-2)44-21-32(42)38-25-15-22(3)11-12-23(25)4/h11-16,33H,9-10,17-21H2,1-8H3,(H,38,42). The molecule has 0 spiro atoms. The van der Waals surface area contributed by atoms with Crippen molar-refractivity contribution in [2.45, 2.75) is 87.0 Å². The smallest absolute Gasteiger partial charge is 0.262 e. The quantitative estimate of drug-likeness (QED) is 0.340. The third kappa shape index (κ3) is 6.19. The van der Waals surface area contributed by atoms with Crippen molar-refractivity contribution in [1.82, 2.24) is 4.90 Å². The molecule has 0 atom stereocenters. The summed E-state index contributed by atoms with van der Waals surface area (Å²) in [7, 11) is 0. The number of Topliss-reactive ketones (excluding diaryl/α,β-unsaturated/α-hetero) is 2. The number of carbonyl (C=O) groups is 3. The summed E-state index contributed by atoms with van der Waals surface area (Å²) < 4.78 is 12.0. The van der Waals surface area contributed by atoms with Gasteiger partial charge in [-0.05, 0) is 86.3 Å². The van der Waals surface area contributed by atoms with Crippen LogP contribution in [0.1, 0.15) is 89.8 Å². The molecule has 0 unspecified atom stereocenters. The van der Waals surface area contributed by atoms with E-state index >= 15 is 0 Å². The molecule has 0 saturated heterocycles. The molecule has 3 aliphatic rings. The molecule has 0 aromatic heterocycles. The van der Waals surface area contributed by atoms with Crippen LogP contribution in [0.15, 0.2) is 58.9 Å². The first kappa shape index (κ1) is 31.6. The number of carbonyl (C=O) groups excluding carboxylic acids is 3. The summed E-state index contributed by atoms with van der Waals surface area (Å²) in [5.74, 6) is 0.395. The van der Waals surface area contributed by atoms with Crippen molar-refractivity contribution in [1.29, 1.82) is 0 Å². The second-order valence-electron chi connectivity index (χ2n) is 14.1. The maximum atomic E-state index is 13.9. The Kier molecular flexibility index (Phi) is 8.54. The fourth-order valence-corrected chi connectivity index (χ4v) is 7.05. The number of rotatable bonds is 8. The Bertz CT molecular complexity index is 1520. The number of anilines is 1.